The number of hydrogen-bond acceptors (Lipinski definition) is 2. The van der Waals surface area contributed by atoms with Crippen LogP contribution in [-0.4, -0.2) is 9.97 Å². The fourth-order valence-corrected chi connectivity index (χ4v) is 13.0. The third-order valence-electron chi connectivity index (χ3n) is 18.0. The Kier molecular flexibility index (Phi) is 24.0. The van der Waals surface area contributed by atoms with Crippen LogP contribution in [0.15, 0.2) is 158 Å². The minimum Gasteiger partial charge on any atom is -0.228 e. The first kappa shape index (κ1) is 61.9. The van der Waals surface area contributed by atoms with Gasteiger partial charge in [0.05, 0.1) is 11.4 Å². The van der Waals surface area contributed by atoms with Crippen LogP contribution in [0.5, 0.6) is 0 Å². The Bertz CT molecular complexity index is 3420. The van der Waals surface area contributed by atoms with Crippen LogP contribution in [0.1, 0.15) is 215 Å². The van der Waals surface area contributed by atoms with E-state index >= 15 is 0 Å². The van der Waals surface area contributed by atoms with Crippen LogP contribution in [-0.2, 0) is 25.7 Å². The average molecular weight is 1110 g/mol. The highest BCUT2D eigenvalue weighted by Crippen LogP contribution is 2.40. The van der Waals surface area contributed by atoms with Crippen molar-refractivity contribution in [2.75, 3.05) is 0 Å². The molecule has 438 valence electrons. The summed E-state index contributed by atoms with van der Waals surface area (Å²) < 4.78 is 0. The maximum Gasteiger partial charge on any atom is 0.160 e. The lowest BCUT2D eigenvalue weighted by atomic mass is 9.86. The normalized spacial score (nSPS) is 11.6. The summed E-state index contributed by atoms with van der Waals surface area (Å²) >= 11 is 0. The lowest BCUT2D eigenvalue weighted by Gasteiger charge is -2.20. The topological polar surface area (TPSA) is 25.8 Å². The van der Waals surface area contributed by atoms with Gasteiger partial charge in [0.1, 0.15) is 0 Å². The number of aryl methyl sites for hydroxylation is 6. The molecule has 8 aromatic carbocycles. The molecule has 2 nitrogen and oxygen atoms in total. The molecule has 0 amide bonds. The van der Waals surface area contributed by atoms with E-state index < -0.39 is 0 Å². The van der Waals surface area contributed by atoms with Gasteiger partial charge in [0.2, 0.25) is 0 Å². The van der Waals surface area contributed by atoms with E-state index in [0.29, 0.717) is 0 Å². The van der Waals surface area contributed by atoms with Gasteiger partial charge in [-0.1, -0.05) is 265 Å². The van der Waals surface area contributed by atoms with E-state index in [0.717, 1.165) is 54.9 Å². The van der Waals surface area contributed by atoms with Gasteiger partial charge < -0.3 is 0 Å². The zero-order chi connectivity index (χ0) is 58.3. The molecule has 0 saturated carbocycles. The number of hydrogen-bond donors (Lipinski definition) is 0. The predicted octanol–water partition coefficient (Wildman–Crippen LogP) is 25.0. The SMILES string of the molecule is CCCCCCCCc1cc(-c2cc(-c3cc(CCCCCCCC)c(-c4ccc5cc6cc(C)ccc6cc5c4)cc3CCCCCCCC)nc(-c3cc(-c4ccccc4)cc(-c4ccccc4)c3)n2)c(CCCCCCCC)cc1C. The Balaban J connectivity index is 1.26. The minimum atomic E-state index is 0.796. The zero-order valence-corrected chi connectivity index (χ0v) is 52.7. The molecule has 9 aromatic rings. The highest BCUT2D eigenvalue weighted by molar-refractivity contribution is 6.00. The Morgan fingerprint density at radius 3 is 1.15 bits per heavy atom. The minimum absolute atomic E-state index is 0.796. The Hall–Kier alpha value is -6.64. The second-order valence-corrected chi connectivity index (χ2v) is 24.9. The molecule has 1 heterocycles. The van der Waals surface area contributed by atoms with Crippen LogP contribution in [0.2, 0.25) is 0 Å². The van der Waals surface area contributed by atoms with E-state index in [1.165, 1.54) is 247 Å². The predicted molar refractivity (Wildman–Crippen MR) is 367 cm³/mol. The highest BCUT2D eigenvalue weighted by Gasteiger charge is 2.21. The van der Waals surface area contributed by atoms with E-state index in [1.54, 1.807) is 0 Å². The van der Waals surface area contributed by atoms with Crippen LogP contribution in [0.3, 0.4) is 0 Å². The first-order valence-electron chi connectivity index (χ1n) is 33.7. The molecule has 1 aromatic heterocycles. The Morgan fingerprint density at radius 1 is 0.262 bits per heavy atom. The van der Waals surface area contributed by atoms with E-state index in [4.69, 9.17) is 9.97 Å². The fourth-order valence-electron chi connectivity index (χ4n) is 13.0. The van der Waals surface area contributed by atoms with Crippen LogP contribution in [0, 0.1) is 13.8 Å². The Labute approximate surface area is 508 Å². The maximum atomic E-state index is 5.90. The van der Waals surface area contributed by atoms with Crippen molar-refractivity contribution in [1.29, 1.82) is 0 Å². The van der Waals surface area contributed by atoms with Crippen molar-refractivity contribution in [3.05, 3.63) is 191 Å². The molecular formula is C82H100N2. The fraction of sp³-hybridized carbons (Fsp3) is 0.415. The summed E-state index contributed by atoms with van der Waals surface area (Å²) in [5.74, 6) is 0.796. The maximum absolute atomic E-state index is 5.90. The summed E-state index contributed by atoms with van der Waals surface area (Å²) in [4.78, 5) is 11.7. The van der Waals surface area contributed by atoms with Crippen molar-refractivity contribution in [3.63, 3.8) is 0 Å². The van der Waals surface area contributed by atoms with Gasteiger partial charge >= 0.3 is 0 Å². The number of benzene rings is 8. The Morgan fingerprint density at radius 2 is 0.655 bits per heavy atom. The molecule has 0 saturated heterocycles. The van der Waals surface area contributed by atoms with E-state index in [9.17, 15) is 0 Å². The van der Waals surface area contributed by atoms with Gasteiger partial charge in [-0.3, -0.25) is 0 Å². The van der Waals surface area contributed by atoms with Crippen molar-refractivity contribution in [2.24, 2.45) is 0 Å². The first-order chi connectivity index (χ1) is 41.3. The van der Waals surface area contributed by atoms with Crippen molar-refractivity contribution in [1.82, 2.24) is 9.97 Å². The van der Waals surface area contributed by atoms with Crippen LogP contribution >= 0.6 is 0 Å². The van der Waals surface area contributed by atoms with Gasteiger partial charge in [-0.05, 0) is 203 Å². The average Bonchev–Trinajstić information content (AvgIpc) is 3.72. The molecule has 0 bridgehead atoms. The molecule has 0 fully saturated rings. The van der Waals surface area contributed by atoms with Gasteiger partial charge in [-0.2, -0.15) is 0 Å². The highest BCUT2D eigenvalue weighted by atomic mass is 14.9. The molecular weight excluding hydrogens is 1010 g/mol. The van der Waals surface area contributed by atoms with E-state index in [1.807, 2.05) is 0 Å². The molecule has 84 heavy (non-hydrogen) atoms. The quantitative estimate of drug-likeness (QED) is 0.0297. The summed E-state index contributed by atoms with van der Waals surface area (Å²) in [7, 11) is 0. The van der Waals surface area contributed by atoms with Gasteiger partial charge in [0.15, 0.2) is 5.82 Å². The van der Waals surface area contributed by atoms with Crippen molar-refractivity contribution >= 4 is 21.5 Å². The largest absolute Gasteiger partial charge is 0.228 e. The number of unbranched alkanes of at least 4 members (excludes halogenated alkanes) is 20. The molecule has 0 radical (unpaired) electrons. The summed E-state index contributed by atoms with van der Waals surface area (Å²) in [5, 5.41) is 5.22. The first-order valence-corrected chi connectivity index (χ1v) is 33.7. The number of aromatic nitrogens is 2. The van der Waals surface area contributed by atoms with E-state index in [-0.39, 0.29) is 0 Å². The summed E-state index contributed by atoms with van der Waals surface area (Å²) in [5.41, 5.74) is 21.6. The van der Waals surface area contributed by atoms with E-state index in [2.05, 4.69) is 199 Å². The summed E-state index contributed by atoms with van der Waals surface area (Å²) in [6.45, 7) is 13.9. The van der Waals surface area contributed by atoms with Gasteiger partial charge in [-0.15, -0.1) is 0 Å². The monoisotopic (exact) mass is 1110 g/mol. The lowest BCUT2D eigenvalue weighted by Crippen LogP contribution is -2.04. The number of rotatable bonds is 34. The molecule has 0 aliphatic carbocycles. The third kappa shape index (κ3) is 17.3. The second kappa shape index (κ2) is 32.6. The molecule has 9 rings (SSSR count). The summed E-state index contributed by atoms with van der Waals surface area (Å²) in [6.07, 6.45) is 34.8. The standard InChI is InChI=1S/C82H100N2/c1-7-11-15-19-23-29-41-65-57-78(68(50-62(65)6)42-30-24-20-16-12-8-2)80-60-81(84-82(83-80)76-55-73(63-37-33-27-34-38-63)54-74(56-76)64-39-35-28-36-40-64)79-59-69(43-31-25-21-17-13-9-3)77(58-70(79)44-32-26-22-18-14-10-4)71-48-47-67-51-72-49-61(5)45-46-66(72)52-75(67)53-71/h27-28,33-40,45-60H,7-26,29-32,41-44H2,1-6H3. The molecule has 0 aliphatic heterocycles. The molecule has 0 spiro atoms. The van der Waals surface area contributed by atoms with Crippen LogP contribution < -0.4 is 0 Å². The third-order valence-corrected chi connectivity index (χ3v) is 18.0. The molecule has 0 atom stereocenters. The van der Waals surface area contributed by atoms with Crippen LogP contribution in [0.25, 0.3) is 88.8 Å². The smallest absolute Gasteiger partial charge is 0.160 e. The number of fused-ring (bicyclic) bond motifs is 2. The second-order valence-electron chi connectivity index (χ2n) is 24.9. The number of nitrogens with zero attached hydrogens (tertiary/aromatic N) is 2. The van der Waals surface area contributed by atoms with Gasteiger partial charge in [-0.25, -0.2) is 9.97 Å². The van der Waals surface area contributed by atoms with Crippen molar-refractivity contribution in [2.45, 2.75) is 221 Å². The van der Waals surface area contributed by atoms with Crippen molar-refractivity contribution in [3.8, 4) is 67.3 Å². The molecule has 0 N–H and O–H groups in total. The van der Waals surface area contributed by atoms with Gasteiger partial charge in [0, 0.05) is 16.7 Å². The molecule has 0 aliphatic rings. The summed E-state index contributed by atoms with van der Waals surface area (Å²) in [6, 6.07) is 60.6. The molecule has 2 heteroatoms. The van der Waals surface area contributed by atoms with Crippen LogP contribution in [0.4, 0.5) is 0 Å². The van der Waals surface area contributed by atoms with Gasteiger partial charge in [0.25, 0.3) is 0 Å². The lowest BCUT2D eigenvalue weighted by molar-refractivity contribution is 0.605. The molecule has 0 unspecified atom stereocenters. The zero-order valence-electron chi connectivity index (χ0n) is 52.7. The van der Waals surface area contributed by atoms with Crippen molar-refractivity contribution < 1.29 is 0 Å².